The van der Waals surface area contributed by atoms with Gasteiger partial charge in [-0.05, 0) is 47.6 Å². The molecule has 106 valence electrons. The molecule has 2 saturated carbocycles. The predicted octanol–water partition coefficient (Wildman–Crippen LogP) is 5.63. The van der Waals surface area contributed by atoms with Crippen molar-refractivity contribution in [3.8, 4) is 0 Å². The molecule has 0 N–H and O–H groups in total. The molecule has 1 aromatic heterocycles. The van der Waals surface area contributed by atoms with Crippen LogP contribution in [0.25, 0.3) is 0 Å². The number of hydrogen-bond acceptors (Lipinski definition) is 2. The first-order valence-electron chi connectivity index (χ1n) is 7.53. The van der Waals surface area contributed by atoms with E-state index in [9.17, 15) is 0 Å². The Morgan fingerprint density at radius 2 is 1.89 bits per heavy atom. The van der Waals surface area contributed by atoms with Crippen LogP contribution < -0.4 is 0 Å². The van der Waals surface area contributed by atoms with Gasteiger partial charge in [0.1, 0.15) is 0 Å². The monoisotopic (exact) mass is 390 g/mol. The van der Waals surface area contributed by atoms with Gasteiger partial charge >= 0.3 is 0 Å². The van der Waals surface area contributed by atoms with Gasteiger partial charge in [-0.3, -0.25) is 0 Å². The average molecular weight is 390 g/mol. The molecule has 0 bridgehead atoms. The number of thiophene rings is 1. The van der Waals surface area contributed by atoms with Gasteiger partial charge in [0, 0.05) is 10.8 Å². The summed E-state index contributed by atoms with van der Waals surface area (Å²) in [5, 5.41) is 2.30. The van der Waals surface area contributed by atoms with E-state index < -0.39 is 0 Å². The van der Waals surface area contributed by atoms with E-state index in [4.69, 9.17) is 4.74 Å². The molecule has 1 aliphatic heterocycles. The van der Waals surface area contributed by atoms with Gasteiger partial charge in [0.05, 0.1) is 11.7 Å². The highest BCUT2D eigenvalue weighted by Crippen LogP contribution is 2.54. The third-order valence-electron chi connectivity index (χ3n) is 5.01. The Bertz CT molecular complexity index is 422. The highest BCUT2D eigenvalue weighted by atomic mass is 127. The Labute approximate surface area is 134 Å². The molecule has 19 heavy (non-hydrogen) atoms. The zero-order chi connectivity index (χ0) is 13.3. The first-order valence-corrected chi connectivity index (χ1v) is 10.6. The van der Waals surface area contributed by atoms with Crippen molar-refractivity contribution >= 4 is 33.9 Å². The molecular weight excluding hydrogens is 367 g/mol. The largest absolute Gasteiger partial charge is 0.366 e. The van der Waals surface area contributed by atoms with E-state index in [2.05, 4.69) is 34.0 Å². The third kappa shape index (κ3) is 2.40. The zero-order valence-corrected chi connectivity index (χ0v) is 14.6. The summed E-state index contributed by atoms with van der Waals surface area (Å²) >= 11 is 4.14. The van der Waals surface area contributed by atoms with Crippen LogP contribution in [0, 0.1) is 0 Å². The van der Waals surface area contributed by atoms with Crippen molar-refractivity contribution in [3.05, 3.63) is 21.9 Å². The van der Waals surface area contributed by atoms with E-state index in [1.54, 1.807) is 10.4 Å². The van der Waals surface area contributed by atoms with Crippen molar-refractivity contribution < 1.29 is 4.74 Å². The van der Waals surface area contributed by atoms with E-state index in [0.29, 0.717) is 6.10 Å². The first-order chi connectivity index (χ1) is 9.39. The molecule has 2 heterocycles. The molecule has 3 heteroatoms. The minimum Gasteiger partial charge on any atom is -0.366 e. The quantitative estimate of drug-likeness (QED) is 0.412. The van der Waals surface area contributed by atoms with Crippen LogP contribution in [-0.2, 0) is 10.3 Å². The summed E-state index contributed by atoms with van der Waals surface area (Å²) in [6.45, 7) is 0. The number of halogens is 1. The van der Waals surface area contributed by atoms with E-state index in [1.165, 1.54) is 51.4 Å². The maximum Gasteiger partial charge on any atom is 0.0946 e. The standard InChI is InChI=1S/C15H20OS.CH3I/c1-2-6-13-11(5-1)14-12(7-10-17-14)15(16-13)8-3-4-9-15;1-2/h7,10-11,13H,1-6,8-9H2;1H3. The smallest absolute Gasteiger partial charge is 0.0946 e. The fraction of sp³-hybridized carbons (Fsp3) is 0.750. The normalized spacial score (nSPS) is 31.3. The Morgan fingerprint density at radius 3 is 2.68 bits per heavy atom. The Balaban J connectivity index is 0.000000528. The molecule has 0 saturated heterocycles. The molecular formula is C16H23IOS. The fourth-order valence-corrected chi connectivity index (χ4v) is 5.39. The summed E-state index contributed by atoms with van der Waals surface area (Å²) in [6, 6.07) is 2.36. The Morgan fingerprint density at radius 1 is 1.16 bits per heavy atom. The summed E-state index contributed by atoms with van der Waals surface area (Å²) in [5.41, 5.74) is 1.71. The zero-order valence-electron chi connectivity index (χ0n) is 11.7. The molecule has 2 unspecified atom stereocenters. The second-order valence-corrected chi connectivity index (χ2v) is 6.89. The second-order valence-electron chi connectivity index (χ2n) is 5.95. The molecule has 1 spiro atoms. The maximum absolute atomic E-state index is 6.63. The van der Waals surface area contributed by atoms with Crippen molar-refractivity contribution in [3.63, 3.8) is 0 Å². The summed E-state index contributed by atoms with van der Waals surface area (Å²) in [6.07, 6.45) is 11.2. The van der Waals surface area contributed by atoms with E-state index in [-0.39, 0.29) is 5.60 Å². The first kappa shape index (κ1) is 14.3. The minimum atomic E-state index is 0.133. The van der Waals surface area contributed by atoms with Gasteiger partial charge in [0.2, 0.25) is 0 Å². The number of rotatable bonds is 0. The molecule has 0 aromatic carbocycles. The van der Waals surface area contributed by atoms with Gasteiger partial charge < -0.3 is 4.74 Å². The summed E-state index contributed by atoms with van der Waals surface area (Å²) in [4.78, 5) is 3.65. The lowest BCUT2D eigenvalue weighted by Gasteiger charge is -2.45. The van der Waals surface area contributed by atoms with Crippen molar-refractivity contribution in [2.45, 2.75) is 69.0 Å². The van der Waals surface area contributed by atoms with E-state index in [0.717, 1.165) is 5.92 Å². The highest BCUT2D eigenvalue weighted by Gasteiger charge is 2.48. The second kappa shape index (κ2) is 6.02. The van der Waals surface area contributed by atoms with Gasteiger partial charge in [0.25, 0.3) is 0 Å². The van der Waals surface area contributed by atoms with Crippen LogP contribution >= 0.6 is 33.9 Å². The highest BCUT2D eigenvalue weighted by molar-refractivity contribution is 14.1. The topological polar surface area (TPSA) is 9.23 Å². The number of hydrogen-bond donors (Lipinski definition) is 0. The lowest BCUT2D eigenvalue weighted by Crippen LogP contribution is -2.41. The van der Waals surface area contributed by atoms with Crippen LogP contribution in [0.2, 0.25) is 0 Å². The summed E-state index contributed by atoms with van der Waals surface area (Å²) in [7, 11) is 0. The molecule has 2 atom stereocenters. The van der Waals surface area contributed by atoms with Crippen molar-refractivity contribution in [2.24, 2.45) is 0 Å². The van der Waals surface area contributed by atoms with Gasteiger partial charge in [-0.2, -0.15) is 0 Å². The van der Waals surface area contributed by atoms with E-state index >= 15 is 0 Å². The van der Waals surface area contributed by atoms with Gasteiger partial charge in [-0.15, -0.1) is 11.3 Å². The molecule has 0 radical (unpaired) electrons. The number of ether oxygens (including phenoxy) is 1. The van der Waals surface area contributed by atoms with Gasteiger partial charge in [-0.1, -0.05) is 48.3 Å². The molecule has 1 nitrogen and oxygen atoms in total. The molecule has 2 aliphatic carbocycles. The number of fused-ring (bicyclic) bond motifs is 4. The van der Waals surface area contributed by atoms with Gasteiger partial charge in [0.15, 0.2) is 0 Å². The van der Waals surface area contributed by atoms with Crippen molar-refractivity contribution in [1.82, 2.24) is 0 Å². The van der Waals surface area contributed by atoms with Crippen molar-refractivity contribution in [2.75, 3.05) is 4.93 Å². The Kier molecular flexibility index (Phi) is 4.54. The SMILES string of the molecule is CI.c1cc2c(s1)C1CCCCC1OC21CCCC1. The minimum absolute atomic E-state index is 0.133. The molecule has 1 aromatic rings. The number of alkyl halides is 1. The Hall–Kier alpha value is 0.390. The molecule has 4 rings (SSSR count). The lowest BCUT2D eigenvalue weighted by atomic mass is 9.77. The van der Waals surface area contributed by atoms with Gasteiger partial charge in [-0.25, -0.2) is 0 Å². The average Bonchev–Trinajstić information content (AvgIpc) is 3.11. The van der Waals surface area contributed by atoms with E-state index in [1.807, 2.05) is 16.3 Å². The molecule has 2 fully saturated rings. The van der Waals surface area contributed by atoms with Crippen LogP contribution in [-0.4, -0.2) is 11.0 Å². The van der Waals surface area contributed by atoms with Crippen LogP contribution in [0.5, 0.6) is 0 Å². The maximum atomic E-state index is 6.63. The van der Waals surface area contributed by atoms with Crippen LogP contribution in [0.4, 0.5) is 0 Å². The fourth-order valence-electron chi connectivity index (χ4n) is 4.21. The van der Waals surface area contributed by atoms with Crippen LogP contribution in [0.1, 0.15) is 67.7 Å². The third-order valence-corrected chi connectivity index (χ3v) is 6.06. The van der Waals surface area contributed by atoms with Crippen molar-refractivity contribution in [1.29, 1.82) is 0 Å². The summed E-state index contributed by atoms with van der Waals surface area (Å²) in [5.74, 6) is 0.727. The predicted molar refractivity (Wildman–Crippen MR) is 90.5 cm³/mol. The summed E-state index contributed by atoms with van der Waals surface area (Å²) < 4.78 is 6.63. The van der Waals surface area contributed by atoms with Crippen LogP contribution in [0.15, 0.2) is 11.4 Å². The molecule has 3 aliphatic rings. The lowest BCUT2D eigenvalue weighted by molar-refractivity contribution is -0.128. The molecule has 0 amide bonds. The van der Waals surface area contributed by atoms with Crippen LogP contribution in [0.3, 0.4) is 0 Å².